The Kier molecular flexibility index (Phi) is 6.11. The average Bonchev–Trinajstić information content (AvgIpc) is 3.48. The molecule has 6 nitrogen and oxygen atoms in total. The predicted octanol–water partition coefficient (Wildman–Crippen LogP) is 3.56. The number of nitrogens with one attached hydrogen (secondary N) is 1. The molecule has 0 bridgehead atoms. The third-order valence-corrected chi connectivity index (χ3v) is 7.93. The van der Waals surface area contributed by atoms with Gasteiger partial charge in [-0.2, -0.15) is 4.31 Å². The summed E-state index contributed by atoms with van der Waals surface area (Å²) in [5, 5.41) is 2.99. The van der Waals surface area contributed by atoms with E-state index in [4.69, 9.17) is 0 Å². The van der Waals surface area contributed by atoms with Crippen LogP contribution in [0.25, 0.3) is 0 Å². The summed E-state index contributed by atoms with van der Waals surface area (Å²) in [6, 6.07) is 14.7. The number of carbonyl (C=O) groups is 1. The van der Waals surface area contributed by atoms with Crippen molar-refractivity contribution < 1.29 is 13.2 Å². The lowest BCUT2D eigenvalue weighted by molar-refractivity contribution is 0.0939. The van der Waals surface area contributed by atoms with Gasteiger partial charge in [-0.05, 0) is 56.4 Å². The molecule has 0 saturated carbocycles. The molecule has 2 aromatic carbocycles. The average molecular weight is 428 g/mol. The Morgan fingerprint density at radius 2 is 1.57 bits per heavy atom. The zero-order valence-electron chi connectivity index (χ0n) is 17.4. The highest BCUT2D eigenvalue weighted by Crippen LogP contribution is 2.33. The van der Waals surface area contributed by atoms with Crippen LogP contribution in [0.1, 0.15) is 54.6 Å². The number of nitrogens with zero attached hydrogens (tertiary/aromatic N) is 2. The van der Waals surface area contributed by atoms with E-state index in [1.165, 1.54) is 0 Å². The summed E-state index contributed by atoms with van der Waals surface area (Å²) >= 11 is 0. The second-order valence-corrected chi connectivity index (χ2v) is 10.0. The standard InChI is InChI=1S/C23H29N3O3S/c1-18(19-9-3-2-4-10-19)24-23(27)20-11-12-21(25-13-5-6-14-25)22(17-20)30(28,29)26-15-7-8-16-26/h2-4,9-12,17-18H,5-8,13-16H2,1H3,(H,24,27). The number of carbonyl (C=O) groups excluding carboxylic acids is 1. The van der Waals surface area contributed by atoms with Crippen molar-refractivity contribution in [3.63, 3.8) is 0 Å². The molecule has 0 aliphatic carbocycles. The largest absolute Gasteiger partial charge is 0.370 e. The van der Waals surface area contributed by atoms with Crippen molar-refractivity contribution in [2.75, 3.05) is 31.1 Å². The van der Waals surface area contributed by atoms with Crippen LogP contribution in [0.4, 0.5) is 5.69 Å². The molecule has 0 radical (unpaired) electrons. The van der Waals surface area contributed by atoms with Gasteiger partial charge in [0.25, 0.3) is 5.91 Å². The molecule has 2 aliphatic rings. The molecule has 7 heteroatoms. The topological polar surface area (TPSA) is 69.7 Å². The van der Waals surface area contributed by atoms with Gasteiger partial charge in [0.1, 0.15) is 4.90 Å². The third-order valence-electron chi connectivity index (χ3n) is 6.00. The molecule has 1 N–H and O–H groups in total. The molecule has 160 valence electrons. The van der Waals surface area contributed by atoms with Crippen LogP contribution in [0.5, 0.6) is 0 Å². The van der Waals surface area contributed by atoms with E-state index in [-0.39, 0.29) is 16.8 Å². The maximum Gasteiger partial charge on any atom is 0.251 e. The fourth-order valence-corrected chi connectivity index (χ4v) is 6.01. The van der Waals surface area contributed by atoms with Gasteiger partial charge in [-0.25, -0.2) is 8.42 Å². The molecule has 2 heterocycles. The highest BCUT2D eigenvalue weighted by atomic mass is 32.2. The van der Waals surface area contributed by atoms with Crippen molar-refractivity contribution in [1.82, 2.24) is 9.62 Å². The van der Waals surface area contributed by atoms with Gasteiger partial charge in [0.2, 0.25) is 10.0 Å². The maximum atomic E-state index is 13.4. The molecule has 1 amide bonds. The van der Waals surface area contributed by atoms with Crippen molar-refractivity contribution in [3.05, 3.63) is 59.7 Å². The first-order chi connectivity index (χ1) is 14.5. The molecule has 0 spiro atoms. The van der Waals surface area contributed by atoms with Crippen LogP contribution >= 0.6 is 0 Å². The third kappa shape index (κ3) is 4.23. The van der Waals surface area contributed by atoms with Gasteiger partial charge >= 0.3 is 0 Å². The highest BCUT2D eigenvalue weighted by Gasteiger charge is 2.32. The van der Waals surface area contributed by atoms with Crippen molar-refractivity contribution in [2.45, 2.75) is 43.5 Å². The van der Waals surface area contributed by atoms with Crippen LogP contribution < -0.4 is 10.2 Å². The SMILES string of the molecule is CC(NC(=O)c1ccc(N2CCCC2)c(S(=O)(=O)N2CCCC2)c1)c1ccccc1. The maximum absolute atomic E-state index is 13.4. The van der Waals surface area contributed by atoms with Crippen molar-refractivity contribution >= 4 is 21.6 Å². The Labute approximate surface area is 178 Å². The van der Waals surface area contributed by atoms with Crippen molar-refractivity contribution in [3.8, 4) is 0 Å². The van der Waals surface area contributed by atoms with Crippen molar-refractivity contribution in [2.24, 2.45) is 0 Å². The molecule has 0 aromatic heterocycles. The summed E-state index contributed by atoms with van der Waals surface area (Å²) in [7, 11) is -3.63. The number of sulfonamides is 1. The lowest BCUT2D eigenvalue weighted by Gasteiger charge is -2.25. The smallest absolute Gasteiger partial charge is 0.251 e. The Morgan fingerprint density at radius 1 is 0.933 bits per heavy atom. The minimum atomic E-state index is -3.63. The Balaban J connectivity index is 1.65. The molecule has 2 fully saturated rings. The van der Waals surface area contributed by atoms with Gasteiger partial charge in [-0.1, -0.05) is 30.3 Å². The summed E-state index contributed by atoms with van der Waals surface area (Å²) < 4.78 is 28.3. The van der Waals surface area contributed by atoms with Gasteiger partial charge in [0.15, 0.2) is 0 Å². The highest BCUT2D eigenvalue weighted by molar-refractivity contribution is 7.89. The fraction of sp³-hybridized carbons (Fsp3) is 0.435. The number of anilines is 1. The molecular weight excluding hydrogens is 398 g/mol. The minimum Gasteiger partial charge on any atom is -0.370 e. The van der Waals surface area contributed by atoms with Gasteiger partial charge < -0.3 is 10.2 Å². The summed E-state index contributed by atoms with van der Waals surface area (Å²) in [4.78, 5) is 15.3. The second kappa shape index (κ2) is 8.78. The predicted molar refractivity (Wildman–Crippen MR) is 118 cm³/mol. The first kappa shape index (κ1) is 20.9. The normalized spacial score (nSPS) is 18.5. The summed E-state index contributed by atoms with van der Waals surface area (Å²) in [5.74, 6) is -0.266. The summed E-state index contributed by atoms with van der Waals surface area (Å²) in [6.45, 7) is 4.71. The molecule has 2 aromatic rings. The van der Waals surface area contributed by atoms with E-state index in [0.29, 0.717) is 24.3 Å². The van der Waals surface area contributed by atoms with Crippen LogP contribution in [0, 0.1) is 0 Å². The van der Waals surface area contributed by atoms with Crippen LogP contribution in [0.2, 0.25) is 0 Å². The lowest BCUT2D eigenvalue weighted by atomic mass is 10.1. The molecular formula is C23H29N3O3S. The van der Waals surface area contributed by atoms with Gasteiger partial charge in [0.05, 0.1) is 11.7 Å². The molecule has 2 aliphatic heterocycles. The Hall–Kier alpha value is -2.38. The van der Waals surface area contributed by atoms with Crippen LogP contribution in [0.3, 0.4) is 0 Å². The van der Waals surface area contributed by atoms with Gasteiger partial charge in [0, 0.05) is 31.7 Å². The number of hydrogen-bond donors (Lipinski definition) is 1. The van der Waals surface area contributed by atoms with E-state index >= 15 is 0 Å². The molecule has 2 saturated heterocycles. The molecule has 30 heavy (non-hydrogen) atoms. The van der Waals surface area contributed by atoms with Crippen LogP contribution in [-0.4, -0.2) is 44.8 Å². The van der Waals surface area contributed by atoms with Gasteiger partial charge in [-0.3, -0.25) is 4.79 Å². The van der Waals surface area contributed by atoms with Gasteiger partial charge in [-0.15, -0.1) is 0 Å². The lowest BCUT2D eigenvalue weighted by Crippen LogP contribution is -2.31. The molecule has 1 atom stereocenters. The number of amides is 1. The number of hydrogen-bond acceptors (Lipinski definition) is 4. The second-order valence-electron chi connectivity index (χ2n) is 8.09. The molecule has 4 rings (SSSR count). The number of rotatable bonds is 6. The van der Waals surface area contributed by atoms with E-state index in [1.807, 2.05) is 37.3 Å². The zero-order valence-corrected chi connectivity index (χ0v) is 18.2. The monoisotopic (exact) mass is 427 g/mol. The van der Waals surface area contributed by atoms with E-state index < -0.39 is 10.0 Å². The number of benzene rings is 2. The van der Waals surface area contributed by atoms with E-state index in [1.54, 1.807) is 22.5 Å². The Morgan fingerprint density at radius 3 is 2.23 bits per heavy atom. The molecule has 1 unspecified atom stereocenters. The van der Waals surface area contributed by atoms with E-state index in [9.17, 15) is 13.2 Å². The first-order valence-electron chi connectivity index (χ1n) is 10.7. The fourth-order valence-electron chi connectivity index (χ4n) is 4.25. The van der Waals surface area contributed by atoms with Crippen LogP contribution in [0.15, 0.2) is 53.4 Å². The summed E-state index contributed by atoms with van der Waals surface area (Å²) in [5.41, 5.74) is 2.09. The summed E-state index contributed by atoms with van der Waals surface area (Å²) in [6.07, 6.45) is 3.88. The van der Waals surface area contributed by atoms with E-state index in [0.717, 1.165) is 44.3 Å². The first-order valence-corrected chi connectivity index (χ1v) is 12.2. The minimum absolute atomic E-state index is 0.171. The Bertz CT molecular complexity index is 996. The van der Waals surface area contributed by atoms with Crippen molar-refractivity contribution in [1.29, 1.82) is 0 Å². The zero-order chi connectivity index (χ0) is 21.1. The van der Waals surface area contributed by atoms with Crippen LogP contribution in [-0.2, 0) is 10.0 Å². The quantitative estimate of drug-likeness (QED) is 0.765. The van der Waals surface area contributed by atoms with E-state index in [2.05, 4.69) is 10.2 Å².